The molecule has 0 radical (unpaired) electrons. The summed E-state index contributed by atoms with van der Waals surface area (Å²) in [5.41, 5.74) is 2.57. The van der Waals surface area contributed by atoms with Crippen molar-refractivity contribution in [2.45, 2.75) is 13.2 Å². The number of alkyl halides is 2. The summed E-state index contributed by atoms with van der Waals surface area (Å²) in [7, 11) is 0. The topological polar surface area (TPSA) is 81.4 Å². The minimum absolute atomic E-state index is 0.0261. The molecule has 0 fully saturated rings. The summed E-state index contributed by atoms with van der Waals surface area (Å²) in [5, 5.41) is 7.44. The number of rotatable bonds is 6. The highest BCUT2D eigenvalue weighted by Gasteiger charge is 2.07. The van der Waals surface area contributed by atoms with Crippen molar-refractivity contribution >= 4 is 12.1 Å². The molecule has 2 aromatic rings. The molecule has 1 aromatic carbocycles. The van der Waals surface area contributed by atoms with Crippen LogP contribution in [0.2, 0.25) is 0 Å². The van der Waals surface area contributed by atoms with E-state index in [2.05, 4.69) is 25.3 Å². The molecule has 0 aliphatic rings. The summed E-state index contributed by atoms with van der Waals surface area (Å²) in [6.07, 6.45) is 3.90. The first-order valence-electron chi connectivity index (χ1n) is 5.83. The van der Waals surface area contributed by atoms with E-state index in [4.69, 9.17) is 0 Å². The molecular formula is C12H11F2N5O2. The number of carbonyl (C=O) groups is 1. The van der Waals surface area contributed by atoms with E-state index in [1.54, 1.807) is 12.1 Å². The molecule has 0 saturated heterocycles. The Balaban J connectivity index is 1.93. The van der Waals surface area contributed by atoms with Crippen LogP contribution in [0, 0.1) is 0 Å². The third-order valence-electron chi connectivity index (χ3n) is 2.30. The number of benzene rings is 1. The maximum Gasteiger partial charge on any atom is 0.387 e. The normalized spacial score (nSPS) is 11.0. The lowest BCUT2D eigenvalue weighted by Gasteiger charge is -2.06. The lowest BCUT2D eigenvalue weighted by molar-refractivity contribution is -0.121. The first-order valence-corrected chi connectivity index (χ1v) is 5.83. The maximum absolute atomic E-state index is 12.2. The van der Waals surface area contributed by atoms with E-state index in [1.807, 2.05) is 0 Å². The maximum atomic E-state index is 12.2. The highest BCUT2D eigenvalue weighted by molar-refractivity contribution is 5.85. The van der Waals surface area contributed by atoms with Crippen LogP contribution in [0.1, 0.15) is 5.56 Å². The molecule has 110 valence electrons. The van der Waals surface area contributed by atoms with Crippen molar-refractivity contribution in [1.82, 2.24) is 20.2 Å². The molecule has 1 aromatic heterocycles. The number of nitrogens with one attached hydrogen (secondary N) is 1. The molecule has 1 heterocycles. The Labute approximate surface area is 118 Å². The van der Waals surface area contributed by atoms with Crippen molar-refractivity contribution < 1.29 is 18.3 Å². The van der Waals surface area contributed by atoms with Crippen molar-refractivity contribution in [3.8, 4) is 5.75 Å². The van der Waals surface area contributed by atoms with Crippen molar-refractivity contribution in [3.63, 3.8) is 0 Å². The highest BCUT2D eigenvalue weighted by atomic mass is 19.3. The number of para-hydroxylation sites is 1. The van der Waals surface area contributed by atoms with Gasteiger partial charge in [-0.15, -0.1) is 0 Å². The fourth-order valence-corrected chi connectivity index (χ4v) is 1.46. The first-order chi connectivity index (χ1) is 10.1. The van der Waals surface area contributed by atoms with Gasteiger partial charge in [0.2, 0.25) is 0 Å². The summed E-state index contributed by atoms with van der Waals surface area (Å²) in [6, 6.07) is 6.10. The predicted octanol–water partition coefficient (Wildman–Crippen LogP) is 1.03. The van der Waals surface area contributed by atoms with Crippen molar-refractivity contribution in [2.24, 2.45) is 5.10 Å². The van der Waals surface area contributed by atoms with Crippen LogP contribution in [0.5, 0.6) is 5.75 Å². The van der Waals surface area contributed by atoms with E-state index in [0.717, 1.165) is 0 Å². The summed E-state index contributed by atoms with van der Waals surface area (Å²) in [6.45, 7) is -2.98. The van der Waals surface area contributed by atoms with Crippen LogP contribution in [0.3, 0.4) is 0 Å². The van der Waals surface area contributed by atoms with Crippen LogP contribution in [0.15, 0.2) is 42.0 Å². The number of carbonyl (C=O) groups excluding carboxylic acids is 1. The van der Waals surface area contributed by atoms with Crippen molar-refractivity contribution in [3.05, 3.63) is 42.5 Å². The smallest absolute Gasteiger partial charge is 0.387 e. The molecule has 0 aliphatic heterocycles. The second-order valence-corrected chi connectivity index (χ2v) is 3.80. The van der Waals surface area contributed by atoms with Gasteiger partial charge in [0.15, 0.2) is 0 Å². The zero-order valence-corrected chi connectivity index (χ0v) is 10.7. The number of aromatic nitrogens is 3. The molecule has 9 heteroatoms. The number of amides is 1. The first kappa shape index (κ1) is 14.6. The van der Waals surface area contributed by atoms with Gasteiger partial charge in [-0.05, 0) is 12.1 Å². The van der Waals surface area contributed by atoms with Crippen LogP contribution >= 0.6 is 0 Å². The summed E-state index contributed by atoms with van der Waals surface area (Å²) in [5.74, 6) is -0.453. The quantitative estimate of drug-likeness (QED) is 0.637. The van der Waals surface area contributed by atoms with Crippen molar-refractivity contribution in [2.75, 3.05) is 0 Å². The van der Waals surface area contributed by atoms with Crippen molar-refractivity contribution in [1.29, 1.82) is 0 Å². The largest absolute Gasteiger partial charge is 0.434 e. The van der Waals surface area contributed by atoms with Gasteiger partial charge in [-0.1, -0.05) is 12.1 Å². The van der Waals surface area contributed by atoms with Gasteiger partial charge in [-0.3, -0.25) is 4.79 Å². The van der Waals surface area contributed by atoms with E-state index in [0.29, 0.717) is 5.56 Å². The highest BCUT2D eigenvalue weighted by Crippen LogP contribution is 2.18. The Hall–Kier alpha value is -2.84. The third-order valence-corrected chi connectivity index (χ3v) is 2.30. The average molecular weight is 295 g/mol. The number of halogens is 2. The number of hydrazone groups is 1. The monoisotopic (exact) mass is 295 g/mol. The van der Waals surface area contributed by atoms with E-state index >= 15 is 0 Å². The van der Waals surface area contributed by atoms with Crippen LogP contribution in [-0.4, -0.2) is 33.5 Å². The minimum Gasteiger partial charge on any atom is -0.434 e. The standard InChI is InChI=1S/C12H11F2N5O2/c13-12(14)21-10-4-2-1-3-9(10)5-16-18-11(20)6-19-8-15-7-17-19/h1-5,7-8,12H,6H2,(H,18,20). The number of ether oxygens (including phenoxy) is 1. The van der Waals surface area contributed by atoms with Crippen LogP contribution < -0.4 is 10.2 Å². The molecule has 0 saturated carbocycles. The summed E-state index contributed by atoms with van der Waals surface area (Å²) >= 11 is 0. The van der Waals surface area contributed by atoms with Gasteiger partial charge < -0.3 is 4.74 Å². The van der Waals surface area contributed by atoms with Gasteiger partial charge in [0, 0.05) is 5.56 Å². The molecule has 0 aliphatic carbocycles. The Bertz CT molecular complexity index is 616. The van der Waals surface area contributed by atoms with E-state index in [9.17, 15) is 13.6 Å². The molecule has 0 bridgehead atoms. The minimum atomic E-state index is -2.93. The second-order valence-electron chi connectivity index (χ2n) is 3.80. The molecule has 0 unspecified atom stereocenters. The van der Waals surface area contributed by atoms with E-state index in [1.165, 1.54) is 35.7 Å². The van der Waals surface area contributed by atoms with Gasteiger partial charge in [0.05, 0.1) is 6.21 Å². The Morgan fingerprint density at radius 2 is 2.29 bits per heavy atom. The van der Waals surface area contributed by atoms with Gasteiger partial charge >= 0.3 is 6.61 Å². The molecular weight excluding hydrogens is 284 g/mol. The average Bonchev–Trinajstić information content (AvgIpc) is 2.93. The Morgan fingerprint density at radius 1 is 1.48 bits per heavy atom. The molecule has 0 spiro atoms. The number of nitrogens with zero attached hydrogens (tertiary/aromatic N) is 4. The van der Waals surface area contributed by atoms with Crippen LogP contribution in [0.25, 0.3) is 0 Å². The van der Waals surface area contributed by atoms with Gasteiger partial charge in [-0.25, -0.2) is 15.1 Å². The molecule has 21 heavy (non-hydrogen) atoms. The van der Waals surface area contributed by atoms with Gasteiger partial charge in [0.25, 0.3) is 5.91 Å². The molecule has 7 nitrogen and oxygen atoms in total. The second kappa shape index (κ2) is 7.08. The fraction of sp³-hybridized carbons (Fsp3) is 0.167. The van der Waals surface area contributed by atoms with E-state index < -0.39 is 12.5 Å². The summed E-state index contributed by atoms with van der Waals surface area (Å²) in [4.78, 5) is 15.2. The number of hydrogen-bond acceptors (Lipinski definition) is 5. The van der Waals surface area contributed by atoms with Gasteiger partial charge in [0.1, 0.15) is 24.9 Å². The van der Waals surface area contributed by atoms with E-state index in [-0.39, 0.29) is 12.3 Å². The van der Waals surface area contributed by atoms with Crippen LogP contribution in [0.4, 0.5) is 8.78 Å². The lowest BCUT2D eigenvalue weighted by Crippen LogP contribution is -2.23. The van der Waals surface area contributed by atoms with Crippen LogP contribution in [-0.2, 0) is 11.3 Å². The lowest BCUT2D eigenvalue weighted by atomic mass is 10.2. The molecule has 0 atom stereocenters. The molecule has 1 amide bonds. The SMILES string of the molecule is O=C(Cn1cncn1)NN=Cc1ccccc1OC(F)F. The molecule has 1 N–H and O–H groups in total. The Kier molecular flexibility index (Phi) is 4.91. The summed E-state index contributed by atoms with van der Waals surface area (Å²) < 4.78 is 30.1. The molecule has 2 rings (SSSR count). The predicted molar refractivity (Wildman–Crippen MR) is 68.8 cm³/mol. The Morgan fingerprint density at radius 3 is 3.00 bits per heavy atom. The number of hydrogen-bond donors (Lipinski definition) is 1. The van der Waals surface area contributed by atoms with Gasteiger partial charge in [-0.2, -0.15) is 19.0 Å². The zero-order valence-electron chi connectivity index (χ0n) is 10.7. The zero-order chi connectivity index (χ0) is 15.1. The third kappa shape index (κ3) is 4.64. The fourth-order valence-electron chi connectivity index (χ4n) is 1.46.